The highest BCUT2D eigenvalue weighted by Crippen LogP contribution is 2.24. The Balaban J connectivity index is 2.18. The van der Waals surface area contributed by atoms with Crippen LogP contribution in [0, 0.1) is 0 Å². The number of morpholine rings is 1. The standard InChI is InChI=1S/C15H23NO/c1-11(2)14-6-5-7-15(8-14)16-9-12(3)17-13(4)10-16/h5-8,11-13H,9-10H2,1-4H3/t12-,13-/m1/s1. The molecule has 1 aromatic rings. The summed E-state index contributed by atoms with van der Waals surface area (Å²) >= 11 is 0. The first-order valence-corrected chi connectivity index (χ1v) is 6.56. The molecule has 0 amide bonds. The highest BCUT2D eigenvalue weighted by molar-refractivity contribution is 5.49. The first kappa shape index (κ1) is 12.4. The number of benzene rings is 1. The van der Waals surface area contributed by atoms with Crippen LogP contribution >= 0.6 is 0 Å². The van der Waals surface area contributed by atoms with Gasteiger partial charge in [-0.05, 0) is 37.5 Å². The Morgan fingerprint density at radius 3 is 2.41 bits per heavy atom. The Morgan fingerprint density at radius 1 is 1.18 bits per heavy atom. The second-order valence-electron chi connectivity index (χ2n) is 5.41. The minimum Gasteiger partial charge on any atom is -0.372 e. The summed E-state index contributed by atoms with van der Waals surface area (Å²) in [5, 5.41) is 0. The number of hydrogen-bond acceptors (Lipinski definition) is 2. The molecule has 1 aromatic carbocycles. The van der Waals surface area contributed by atoms with E-state index >= 15 is 0 Å². The lowest BCUT2D eigenvalue weighted by molar-refractivity contribution is -0.00522. The molecule has 2 atom stereocenters. The van der Waals surface area contributed by atoms with E-state index in [9.17, 15) is 0 Å². The van der Waals surface area contributed by atoms with Gasteiger partial charge in [-0.2, -0.15) is 0 Å². The average Bonchev–Trinajstić information content (AvgIpc) is 2.28. The zero-order valence-electron chi connectivity index (χ0n) is 11.3. The van der Waals surface area contributed by atoms with E-state index in [4.69, 9.17) is 4.74 Å². The fourth-order valence-electron chi connectivity index (χ4n) is 2.47. The number of rotatable bonds is 2. The van der Waals surface area contributed by atoms with Crippen LogP contribution in [-0.4, -0.2) is 25.3 Å². The first-order chi connectivity index (χ1) is 8.06. The van der Waals surface area contributed by atoms with Gasteiger partial charge in [-0.25, -0.2) is 0 Å². The summed E-state index contributed by atoms with van der Waals surface area (Å²) in [5.74, 6) is 0.589. The largest absolute Gasteiger partial charge is 0.372 e. The van der Waals surface area contributed by atoms with Gasteiger partial charge in [-0.3, -0.25) is 0 Å². The van der Waals surface area contributed by atoms with Gasteiger partial charge >= 0.3 is 0 Å². The van der Waals surface area contributed by atoms with Gasteiger partial charge in [-0.1, -0.05) is 26.0 Å². The van der Waals surface area contributed by atoms with Crippen molar-refractivity contribution in [2.24, 2.45) is 0 Å². The fourth-order valence-corrected chi connectivity index (χ4v) is 2.47. The van der Waals surface area contributed by atoms with E-state index in [1.807, 2.05) is 0 Å². The third-order valence-corrected chi connectivity index (χ3v) is 3.32. The molecule has 1 fully saturated rings. The zero-order valence-corrected chi connectivity index (χ0v) is 11.3. The Labute approximate surface area is 105 Å². The molecule has 17 heavy (non-hydrogen) atoms. The molecule has 0 radical (unpaired) electrons. The highest BCUT2D eigenvalue weighted by atomic mass is 16.5. The molecule has 1 aliphatic rings. The van der Waals surface area contributed by atoms with E-state index in [1.165, 1.54) is 11.3 Å². The molecule has 94 valence electrons. The van der Waals surface area contributed by atoms with Gasteiger partial charge in [0.15, 0.2) is 0 Å². The van der Waals surface area contributed by atoms with Crippen LogP contribution in [0.3, 0.4) is 0 Å². The predicted molar refractivity (Wildman–Crippen MR) is 72.8 cm³/mol. The molecule has 1 aliphatic heterocycles. The van der Waals surface area contributed by atoms with Gasteiger partial charge in [0.05, 0.1) is 12.2 Å². The lowest BCUT2D eigenvalue weighted by atomic mass is 10.0. The van der Waals surface area contributed by atoms with Crippen molar-refractivity contribution in [2.45, 2.75) is 45.8 Å². The first-order valence-electron chi connectivity index (χ1n) is 6.56. The van der Waals surface area contributed by atoms with E-state index in [1.54, 1.807) is 0 Å². The molecular weight excluding hydrogens is 210 g/mol. The minimum absolute atomic E-state index is 0.321. The molecule has 2 rings (SSSR count). The van der Waals surface area contributed by atoms with Crippen molar-refractivity contribution < 1.29 is 4.74 Å². The molecule has 0 aliphatic carbocycles. The zero-order chi connectivity index (χ0) is 12.4. The molecule has 2 nitrogen and oxygen atoms in total. The van der Waals surface area contributed by atoms with Gasteiger partial charge in [0.1, 0.15) is 0 Å². The van der Waals surface area contributed by atoms with Crippen molar-refractivity contribution in [3.63, 3.8) is 0 Å². The van der Waals surface area contributed by atoms with E-state index < -0.39 is 0 Å². The van der Waals surface area contributed by atoms with Crippen LogP contribution in [0.2, 0.25) is 0 Å². The smallest absolute Gasteiger partial charge is 0.0726 e. The minimum atomic E-state index is 0.321. The summed E-state index contributed by atoms with van der Waals surface area (Å²) in [6.07, 6.45) is 0.642. The SMILES string of the molecule is CC(C)c1cccc(N2C[C@@H](C)O[C@H](C)C2)c1. The van der Waals surface area contributed by atoms with Crippen molar-refractivity contribution in [2.75, 3.05) is 18.0 Å². The van der Waals surface area contributed by atoms with Gasteiger partial charge in [0.2, 0.25) is 0 Å². The Morgan fingerprint density at radius 2 is 1.82 bits per heavy atom. The van der Waals surface area contributed by atoms with Gasteiger partial charge < -0.3 is 9.64 Å². The van der Waals surface area contributed by atoms with E-state index in [2.05, 4.69) is 56.9 Å². The maximum atomic E-state index is 5.77. The number of hydrogen-bond donors (Lipinski definition) is 0. The van der Waals surface area contributed by atoms with E-state index in [-0.39, 0.29) is 0 Å². The van der Waals surface area contributed by atoms with Crippen molar-refractivity contribution in [1.82, 2.24) is 0 Å². The van der Waals surface area contributed by atoms with Crippen LogP contribution in [0.15, 0.2) is 24.3 Å². The maximum Gasteiger partial charge on any atom is 0.0726 e. The summed E-state index contributed by atoms with van der Waals surface area (Å²) < 4.78 is 5.77. The number of nitrogens with zero attached hydrogens (tertiary/aromatic N) is 1. The Bertz CT molecular complexity index is 365. The quantitative estimate of drug-likeness (QED) is 0.776. The maximum absolute atomic E-state index is 5.77. The summed E-state index contributed by atoms with van der Waals surface area (Å²) in [6.45, 7) is 10.8. The number of anilines is 1. The summed E-state index contributed by atoms with van der Waals surface area (Å²) in [6, 6.07) is 8.89. The van der Waals surface area contributed by atoms with E-state index in [0.717, 1.165) is 13.1 Å². The van der Waals surface area contributed by atoms with Crippen molar-refractivity contribution in [1.29, 1.82) is 0 Å². The molecule has 0 saturated carbocycles. The van der Waals surface area contributed by atoms with Crippen LogP contribution in [0.1, 0.15) is 39.2 Å². The monoisotopic (exact) mass is 233 g/mol. The van der Waals surface area contributed by atoms with Crippen LogP contribution < -0.4 is 4.90 Å². The molecule has 2 heteroatoms. The van der Waals surface area contributed by atoms with Crippen LogP contribution in [-0.2, 0) is 4.74 Å². The lowest BCUT2D eigenvalue weighted by Gasteiger charge is -2.37. The topological polar surface area (TPSA) is 12.5 Å². The van der Waals surface area contributed by atoms with Gasteiger partial charge in [0, 0.05) is 18.8 Å². The lowest BCUT2D eigenvalue weighted by Crippen LogP contribution is -2.45. The molecule has 0 unspecified atom stereocenters. The highest BCUT2D eigenvalue weighted by Gasteiger charge is 2.22. The summed E-state index contributed by atoms with van der Waals surface area (Å²) in [5.41, 5.74) is 2.74. The van der Waals surface area contributed by atoms with Crippen molar-refractivity contribution in [3.05, 3.63) is 29.8 Å². The Hall–Kier alpha value is -1.02. The Kier molecular flexibility index (Phi) is 3.72. The normalized spacial score (nSPS) is 25.4. The van der Waals surface area contributed by atoms with Crippen molar-refractivity contribution >= 4 is 5.69 Å². The third kappa shape index (κ3) is 3.01. The second-order valence-corrected chi connectivity index (χ2v) is 5.41. The molecule has 1 heterocycles. The van der Waals surface area contributed by atoms with E-state index in [0.29, 0.717) is 18.1 Å². The van der Waals surface area contributed by atoms with Crippen molar-refractivity contribution in [3.8, 4) is 0 Å². The predicted octanol–water partition coefficient (Wildman–Crippen LogP) is 3.42. The second kappa shape index (κ2) is 5.09. The van der Waals surface area contributed by atoms with Crippen LogP contribution in [0.5, 0.6) is 0 Å². The molecule has 0 N–H and O–H groups in total. The summed E-state index contributed by atoms with van der Waals surface area (Å²) in [7, 11) is 0. The summed E-state index contributed by atoms with van der Waals surface area (Å²) in [4.78, 5) is 2.44. The van der Waals surface area contributed by atoms with Gasteiger partial charge in [0.25, 0.3) is 0 Å². The molecule has 0 aromatic heterocycles. The third-order valence-electron chi connectivity index (χ3n) is 3.32. The molecular formula is C15H23NO. The fraction of sp³-hybridized carbons (Fsp3) is 0.600. The van der Waals surface area contributed by atoms with Crippen LogP contribution in [0.4, 0.5) is 5.69 Å². The number of ether oxygens (including phenoxy) is 1. The average molecular weight is 233 g/mol. The molecule has 0 spiro atoms. The molecule has 0 bridgehead atoms. The van der Waals surface area contributed by atoms with Crippen LogP contribution in [0.25, 0.3) is 0 Å². The van der Waals surface area contributed by atoms with Gasteiger partial charge in [-0.15, -0.1) is 0 Å². The molecule has 1 saturated heterocycles.